The van der Waals surface area contributed by atoms with Crippen LogP contribution in [0.5, 0.6) is 0 Å². The van der Waals surface area contributed by atoms with E-state index in [4.69, 9.17) is 23.2 Å². The fourth-order valence-electron chi connectivity index (χ4n) is 2.93. The number of amides is 1. The summed E-state index contributed by atoms with van der Waals surface area (Å²) in [5.74, 6) is -0.107. The Hall–Kier alpha value is -1.59. The molecule has 126 valence electrons. The lowest BCUT2D eigenvalue weighted by atomic mass is 9.94. The quantitative estimate of drug-likeness (QED) is 0.764. The fourth-order valence-corrected chi connectivity index (χ4v) is 3.51. The van der Waals surface area contributed by atoms with Gasteiger partial charge in [-0.25, -0.2) is 5.43 Å². The van der Waals surface area contributed by atoms with Gasteiger partial charge in [0.25, 0.3) is 0 Å². The van der Waals surface area contributed by atoms with Crippen LogP contribution in [0.25, 0.3) is 0 Å². The van der Waals surface area contributed by atoms with Crippen molar-refractivity contribution in [1.29, 1.82) is 0 Å². The van der Waals surface area contributed by atoms with Crippen molar-refractivity contribution in [3.05, 3.63) is 69.7 Å². The molecule has 2 aromatic rings. The molecule has 1 heterocycles. The van der Waals surface area contributed by atoms with E-state index in [1.807, 2.05) is 42.5 Å². The fraction of sp³-hybridized carbons (Fsp3) is 0.278. The van der Waals surface area contributed by atoms with Crippen molar-refractivity contribution in [3.8, 4) is 0 Å². The standard InChI is InChI=1S/C18H19Cl2N3O/c19-14-8-12(9-15(20)10-14)6-7-21-18(24)16-11-22-23-17(16)13-4-2-1-3-5-13/h1-5,8-10,16-17,22-23H,6-7,11H2,(H,21,24). The molecule has 4 nitrogen and oxygen atoms in total. The molecular weight excluding hydrogens is 345 g/mol. The molecule has 0 saturated carbocycles. The lowest BCUT2D eigenvalue weighted by molar-refractivity contribution is -0.124. The first-order valence-electron chi connectivity index (χ1n) is 7.89. The third kappa shape index (κ3) is 4.28. The van der Waals surface area contributed by atoms with E-state index in [2.05, 4.69) is 16.2 Å². The van der Waals surface area contributed by atoms with Crippen LogP contribution in [-0.2, 0) is 11.2 Å². The predicted octanol–water partition coefficient (Wildman–Crippen LogP) is 3.12. The highest BCUT2D eigenvalue weighted by molar-refractivity contribution is 6.34. The summed E-state index contributed by atoms with van der Waals surface area (Å²) in [6.45, 7) is 1.15. The van der Waals surface area contributed by atoms with Crippen molar-refractivity contribution < 1.29 is 4.79 Å². The second-order valence-corrected chi connectivity index (χ2v) is 6.71. The number of nitrogens with one attached hydrogen (secondary N) is 3. The Morgan fingerprint density at radius 2 is 1.83 bits per heavy atom. The van der Waals surface area contributed by atoms with Crippen LogP contribution in [0.3, 0.4) is 0 Å². The first-order valence-corrected chi connectivity index (χ1v) is 8.65. The smallest absolute Gasteiger partial charge is 0.226 e. The molecule has 1 aliphatic rings. The van der Waals surface area contributed by atoms with E-state index >= 15 is 0 Å². The number of hydrogen-bond acceptors (Lipinski definition) is 3. The van der Waals surface area contributed by atoms with E-state index in [1.165, 1.54) is 0 Å². The molecule has 0 bridgehead atoms. The first-order chi connectivity index (χ1) is 11.6. The minimum Gasteiger partial charge on any atom is -0.355 e. The van der Waals surface area contributed by atoms with E-state index in [0.29, 0.717) is 29.6 Å². The Morgan fingerprint density at radius 1 is 1.12 bits per heavy atom. The maximum absolute atomic E-state index is 12.5. The van der Waals surface area contributed by atoms with Gasteiger partial charge in [-0.2, -0.15) is 0 Å². The topological polar surface area (TPSA) is 53.2 Å². The third-order valence-electron chi connectivity index (χ3n) is 4.11. The molecular formula is C18H19Cl2N3O. The summed E-state index contributed by atoms with van der Waals surface area (Å²) in [4.78, 5) is 12.5. The zero-order valence-corrected chi connectivity index (χ0v) is 14.6. The lowest BCUT2D eigenvalue weighted by Gasteiger charge is -2.18. The van der Waals surface area contributed by atoms with Gasteiger partial charge in [-0.1, -0.05) is 53.5 Å². The SMILES string of the molecule is O=C(NCCc1cc(Cl)cc(Cl)c1)C1CNNC1c1ccccc1. The van der Waals surface area contributed by atoms with Crippen LogP contribution in [0.4, 0.5) is 0 Å². The molecule has 0 aliphatic carbocycles. The van der Waals surface area contributed by atoms with Crippen molar-refractivity contribution in [3.63, 3.8) is 0 Å². The van der Waals surface area contributed by atoms with Crippen LogP contribution in [-0.4, -0.2) is 19.0 Å². The van der Waals surface area contributed by atoms with Crippen LogP contribution in [0, 0.1) is 5.92 Å². The molecule has 0 spiro atoms. The highest BCUT2D eigenvalue weighted by Gasteiger charge is 2.33. The van der Waals surface area contributed by atoms with E-state index < -0.39 is 0 Å². The molecule has 1 fully saturated rings. The van der Waals surface area contributed by atoms with Gasteiger partial charge in [0.1, 0.15) is 0 Å². The van der Waals surface area contributed by atoms with Crippen LogP contribution < -0.4 is 16.2 Å². The molecule has 0 radical (unpaired) electrons. The average Bonchev–Trinajstić information content (AvgIpc) is 3.04. The van der Waals surface area contributed by atoms with Gasteiger partial charge < -0.3 is 5.32 Å². The van der Waals surface area contributed by atoms with E-state index in [1.54, 1.807) is 6.07 Å². The number of carbonyl (C=O) groups is 1. The Bertz CT molecular complexity index is 688. The van der Waals surface area contributed by atoms with Crippen molar-refractivity contribution >= 4 is 29.1 Å². The molecule has 2 unspecified atom stereocenters. The normalized spacial score (nSPS) is 20.1. The van der Waals surface area contributed by atoms with Crippen molar-refractivity contribution in [1.82, 2.24) is 16.2 Å². The third-order valence-corrected chi connectivity index (χ3v) is 4.55. The highest BCUT2D eigenvalue weighted by Crippen LogP contribution is 2.24. The van der Waals surface area contributed by atoms with Crippen LogP contribution >= 0.6 is 23.2 Å². The van der Waals surface area contributed by atoms with Crippen LogP contribution in [0.1, 0.15) is 17.2 Å². The molecule has 1 aliphatic heterocycles. The van der Waals surface area contributed by atoms with E-state index in [-0.39, 0.29) is 17.9 Å². The average molecular weight is 364 g/mol. The van der Waals surface area contributed by atoms with Gasteiger partial charge in [-0.05, 0) is 35.7 Å². The van der Waals surface area contributed by atoms with Crippen molar-refractivity contribution in [2.45, 2.75) is 12.5 Å². The van der Waals surface area contributed by atoms with Crippen LogP contribution in [0.15, 0.2) is 48.5 Å². The molecule has 0 aromatic heterocycles. The second-order valence-electron chi connectivity index (χ2n) is 5.84. The van der Waals surface area contributed by atoms with Crippen LogP contribution in [0.2, 0.25) is 10.0 Å². The zero-order valence-electron chi connectivity index (χ0n) is 13.1. The minimum absolute atomic E-state index is 0.0215. The minimum atomic E-state index is -0.143. The number of benzene rings is 2. The molecule has 1 saturated heterocycles. The summed E-state index contributed by atoms with van der Waals surface area (Å²) in [7, 11) is 0. The van der Waals surface area contributed by atoms with Gasteiger partial charge in [0.2, 0.25) is 5.91 Å². The predicted molar refractivity (Wildman–Crippen MR) is 97.0 cm³/mol. The van der Waals surface area contributed by atoms with Crippen molar-refractivity contribution in [2.24, 2.45) is 5.92 Å². The summed E-state index contributed by atoms with van der Waals surface area (Å²) in [5.41, 5.74) is 8.37. The number of hydrogen-bond donors (Lipinski definition) is 3. The lowest BCUT2D eigenvalue weighted by Crippen LogP contribution is -2.36. The molecule has 2 atom stereocenters. The summed E-state index contributed by atoms with van der Waals surface area (Å²) >= 11 is 12.0. The molecule has 24 heavy (non-hydrogen) atoms. The summed E-state index contributed by atoms with van der Waals surface area (Å²) in [5, 5.41) is 4.22. The van der Waals surface area contributed by atoms with E-state index in [0.717, 1.165) is 11.1 Å². The Morgan fingerprint density at radius 3 is 2.54 bits per heavy atom. The highest BCUT2D eigenvalue weighted by atomic mass is 35.5. The first kappa shape index (κ1) is 17.2. The summed E-state index contributed by atoms with van der Waals surface area (Å²) in [6.07, 6.45) is 0.690. The molecule has 3 N–H and O–H groups in total. The molecule has 1 amide bonds. The maximum atomic E-state index is 12.5. The maximum Gasteiger partial charge on any atom is 0.226 e. The van der Waals surface area contributed by atoms with Gasteiger partial charge in [0.15, 0.2) is 0 Å². The summed E-state index contributed by atoms with van der Waals surface area (Å²) < 4.78 is 0. The molecule has 6 heteroatoms. The van der Waals surface area contributed by atoms with Gasteiger partial charge in [0, 0.05) is 23.1 Å². The van der Waals surface area contributed by atoms with Gasteiger partial charge in [-0.3, -0.25) is 10.2 Å². The number of carbonyl (C=O) groups excluding carboxylic acids is 1. The van der Waals surface area contributed by atoms with Gasteiger partial charge >= 0.3 is 0 Å². The Balaban J connectivity index is 1.56. The number of hydrazine groups is 1. The van der Waals surface area contributed by atoms with Crippen molar-refractivity contribution in [2.75, 3.05) is 13.1 Å². The van der Waals surface area contributed by atoms with Gasteiger partial charge in [-0.15, -0.1) is 0 Å². The largest absolute Gasteiger partial charge is 0.355 e. The Labute approximate surface area is 151 Å². The number of halogens is 2. The molecule has 3 rings (SSSR count). The Kier molecular flexibility index (Phi) is 5.74. The van der Waals surface area contributed by atoms with E-state index in [9.17, 15) is 4.79 Å². The number of rotatable bonds is 5. The summed E-state index contributed by atoms with van der Waals surface area (Å²) in [6, 6.07) is 15.4. The van der Waals surface area contributed by atoms with Gasteiger partial charge in [0.05, 0.1) is 12.0 Å². The zero-order chi connectivity index (χ0) is 16.9. The second kappa shape index (κ2) is 7.99. The monoisotopic (exact) mass is 363 g/mol. The molecule has 2 aromatic carbocycles.